The molecule has 3 rings (SSSR count). The molecule has 1 saturated carbocycles. The summed E-state index contributed by atoms with van der Waals surface area (Å²) in [5.74, 6) is -4.21. The summed E-state index contributed by atoms with van der Waals surface area (Å²) in [5, 5.41) is 34.4. The summed E-state index contributed by atoms with van der Waals surface area (Å²) < 4.78 is 22.6. The van der Waals surface area contributed by atoms with E-state index in [-0.39, 0.29) is 30.4 Å². The SMILES string of the molecule is CCCCC(=O)O[C@H]1[C@H]2C(=C(C)[C@@H]1O)[C@@H]1OC(=O)[C@@](C)(O)[C@@]1(O)[C@@H](OC(=O)CCC)C[C@]2(C)OC(C)=O. The van der Waals surface area contributed by atoms with Crippen LogP contribution in [0.3, 0.4) is 0 Å². The highest BCUT2D eigenvalue weighted by Crippen LogP contribution is 2.57. The van der Waals surface area contributed by atoms with Gasteiger partial charge in [0.1, 0.15) is 23.9 Å². The first kappa shape index (κ1) is 29.1. The average molecular weight is 527 g/mol. The predicted octanol–water partition coefficient (Wildman–Crippen LogP) is 1.24. The number of fused-ring (bicyclic) bond motifs is 3. The van der Waals surface area contributed by atoms with Crippen LogP contribution in [0.4, 0.5) is 0 Å². The van der Waals surface area contributed by atoms with Crippen molar-refractivity contribution >= 4 is 23.9 Å². The molecule has 1 heterocycles. The second kappa shape index (κ2) is 10.3. The van der Waals surface area contributed by atoms with Crippen LogP contribution in [0, 0.1) is 5.92 Å². The molecular formula is C26H38O11. The lowest BCUT2D eigenvalue weighted by Gasteiger charge is -2.41. The van der Waals surface area contributed by atoms with Crippen molar-refractivity contribution in [1.29, 1.82) is 0 Å². The first-order valence-electron chi connectivity index (χ1n) is 12.8. The van der Waals surface area contributed by atoms with Crippen LogP contribution >= 0.6 is 0 Å². The average Bonchev–Trinajstić information content (AvgIpc) is 3.11. The molecule has 0 unspecified atom stereocenters. The Morgan fingerprint density at radius 2 is 1.68 bits per heavy atom. The van der Waals surface area contributed by atoms with Crippen LogP contribution in [0.25, 0.3) is 0 Å². The lowest BCUT2D eigenvalue weighted by Crippen LogP contribution is -2.64. The molecule has 0 radical (unpaired) electrons. The van der Waals surface area contributed by atoms with Gasteiger partial charge in [-0.1, -0.05) is 20.3 Å². The van der Waals surface area contributed by atoms with E-state index in [1.165, 1.54) is 20.8 Å². The first-order chi connectivity index (χ1) is 17.1. The number of ether oxygens (including phenoxy) is 4. The van der Waals surface area contributed by atoms with Crippen molar-refractivity contribution in [3.63, 3.8) is 0 Å². The largest absolute Gasteiger partial charge is 0.459 e. The number of hydrogen-bond acceptors (Lipinski definition) is 11. The summed E-state index contributed by atoms with van der Waals surface area (Å²) in [4.78, 5) is 50.3. The highest BCUT2D eigenvalue weighted by molar-refractivity contribution is 5.85. The number of carbonyl (C=O) groups is 4. The molecule has 0 aromatic rings. The number of esters is 4. The van der Waals surface area contributed by atoms with Crippen LogP contribution in [-0.4, -0.2) is 80.4 Å². The third kappa shape index (κ3) is 4.77. The van der Waals surface area contributed by atoms with Gasteiger partial charge < -0.3 is 34.3 Å². The molecule has 2 aliphatic carbocycles. The second-order valence-electron chi connectivity index (χ2n) is 10.6. The van der Waals surface area contributed by atoms with Crippen LogP contribution in [0.15, 0.2) is 11.1 Å². The van der Waals surface area contributed by atoms with E-state index in [0.29, 0.717) is 12.8 Å². The minimum absolute atomic E-state index is 0.00000616. The van der Waals surface area contributed by atoms with E-state index in [2.05, 4.69) is 0 Å². The molecule has 11 heteroatoms. The number of unbranched alkanes of at least 4 members (excludes halogenated alkanes) is 1. The van der Waals surface area contributed by atoms with Gasteiger partial charge in [-0.15, -0.1) is 0 Å². The Labute approximate surface area is 216 Å². The number of hydrogen-bond donors (Lipinski definition) is 3. The van der Waals surface area contributed by atoms with Crippen molar-refractivity contribution in [3.8, 4) is 0 Å². The number of carbonyl (C=O) groups excluding carboxylic acids is 4. The maximum absolute atomic E-state index is 12.8. The van der Waals surface area contributed by atoms with Crippen LogP contribution in [-0.2, 0) is 38.1 Å². The van der Waals surface area contributed by atoms with Gasteiger partial charge in [-0.05, 0) is 44.8 Å². The lowest BCUT2D eigenvalue weighted by atomic mass is 9.75. The normalized spacial score (nSPS) is 38.8. The minimum atomic E-state index is -2.52. The summed E-state index contributed by atoms with van der Waals surface area (Å²) in [6.07, 6.45) is -4.29. The third-order valence-corrected chi connectivity index (χ3v) is 7.80. The first-order valence-corrected chi connectivity index (χ1v) is 12.8. The van der Waals surface area contributed by atoms with Crippen LogP contribution < -0.4 is 0 Å². The monoisotopic (exact) mass is 526 g/mol. The van der Waals surface area contributed by atoms with Gasteiger partial charge in [-0.2, -0.15) is 0 Å². The number of aliphatic hydroxyl groups excluding tert-OH is 1. The van der Waals surface area contributed by atoms with E-state index < -0.39 is 71.0 Å². The molecule has 0 aromatic heterocycles. The molecule has 8 atom stereocenters. The second-order valence-corrected chi connectivity index (χ2v) is 10.6. The van der Waals surface area contributed by atoms with Gasteiger partial charge in [0.15, 0.2) is 17.3 Å². The zero-order valence-corrected chi connectivity index (χ0v) is 22.2. The van der Waals surface area contributed by atoms with Crippen molar-refractivity contribution in [1.82, 2.24) is 0 Å². The van der Waals surface area contributed by atoms with Crippen molar-refractivity contribution < 1.29 is 53.4 Å². The van der Waals surface area contributed by atoms with Gasteiger partial charge in [0.2, 0.25) is 0 Å². The van der Waals surface area contributed by atoms with E-state index in [0.717, 1.165) is 13.3 Å². The fraction of sp³-hybridized carbons (Fsp3) is 0.769. The molecule has 0 aromatic carbocycles. The van der Waals surface area contributed by atoms with Gasteiger partial charge in [0.25, 0.3) is 0 Å². The van der Waals surface area contributed by atoms with E-state index in [1.807, 2.05) is 6.92 Å². The Hall–Kier alpha value is -2.50. The summed E-state index contributed by atoms with van der Waals surface area (Å²) in [7, 11) is 0. The quantitative estimate of drug-likeness (QED) is 0.237. The topological polar surface area (TPSA) is 166 Å². The van der Waals surface area contributed by atoms with Gasteiger partial charge in [-0.25, -0.2) is 4.79 Å². The molecule has 3 aliphatic rings. The van der Waals surface area contributed by atoms with Gasteiger partial charge >= 0.3 is 23.9 Å². The van der Waals surface area contributed by atoms with E-state index in [4.69, 9.17) is 18.9 Å². The maximum Gasteiger partial charge on any atom is 0.341 e. The third-order valence-electron chi connectivity index (χ3n) is 7.80. The Kier molecular flexibility index (Phi) is 8.12. The summed E-state index contributed by atoms with van der Waals surface area (Å²) in [6, 6.07) is 0. The molecule has 3 N–H and O–H groups in total. The van der Waals surface area contributed by atoms with Gasteiger partial charge in [0.05, 0.1) is 5.92 Å². The van der Waals surface area contributed by atoms with Crippen molar-refractivity contribution in [2.45, 2.75) is 121 Å². The van der Waals surface area contributed by atoms with Crippen LogP contribution in [0.5, 0.6) is 0 Å². The van der Waals surface area contributed by atoms with Crippen molar-refractivity contribution in [2.24, 2.45) is 5.92 Å². The van der Waals surface area contributed by atoms with E-state index in [1.54, 1.807) is 6.92 Å². The van der Waals surface area contributed by atoms with Gasteiger partial charge in [0, 0.05) is 26.2 Å². The zero-order chi connectivity index (χ0) is 27.9. The number of rotatable bonds is 8. The minimum Gasteiger partial charge on any atom is -0.459 e. The van der Waals surface area contributed by atoms with E-state index >= 15 is 0 Å². The molecule has 37 heavy (non-hydrogen) atoms. The summed E-state index contributed by atoms with van der Waals surface area (Å²) in [5.41, 5.74) is -6.25. The Morgan fingerprint density at radius 3 is 2.24 bits per heavy atom. The highest BCUT2D eigenvalue weighted by Gasteiger charge is 2.75. The summed E-state index contributed by atoms with van der Waals surface area (Å²) in [6.45, 7) is 8.92. The fourth-order valence-corrected chi connectivity index (χ4v) is 5.88. The Morgan fingerprint density at radius 1 is 1.05 bits per heavy atom. The molecular weight excluding hydrogens is 488 g/mol. The molecule has 1 saturated heterocycles. The maximum atomic E-state index is 12.8. The Bertz CT molecular complexity index is 985. The Balaban J connectivity index is 2.22. The number of aliphatic hydroxyl groups is 3. The molecule has 1 aliphatic heterocycles. The molecule has 2 fully saturated rings. The predicted molar refractivity (Wildman–Crippen MR) is 127 cm³/mol. The molecule has 0 spiro atoms. The zero-order valence-electron chi connectivity index (χ0n) is 22.2. The van der Waals surface area contributed by atoms with Crippen molar-refractivity contribution in [2.75, 3.05) is 0 Å². The van der Waals surface area contributed by atoms with E-state index in [9.17, 15) is 34.5 Å². The van der Waals surface area contributed by atoms with Gasteiger partial charge in [-0.3, -0.25) is 14.4 Å². The molecule has 208 valence electrons. The lowest BCUT2D eigenvalue weighted by molar-refractivity contribution is -0.211. The van der Waals surface area contributed by atoms with Crippen molar-refractivity contribution in [3.05, 3.63) is 11.1 Å². The van der Waals surface area contributed by atoms with Crippen LogP contribution in [0.1, 0.15) is 80.1 Å². The summed E-state index contributed by atoms with van der Waals surface area (Å²) >= 11 is 0. The standard InChI is InChI=1S/C26H38O11/c1-7-9-11-17(29)35-21-19-18(13(3)20(21)30)22-26(33,25(6,32)23(31)36-22)15(34-16(28)10-8-2)12-24(19,5)37-14(4)27/h15,19-22,30,32-33H,7-12H2,1-6H3/t15-,19+,20-,21-,22-,24-,25+,26+/m0/s1. The van der Waals surface area contributed by atoms with Crippen LogP contribution in [0.2, 0.25) is 0 Å². The molecule has 0 bridgehead atoms. The molecule has 0 amide bonds. The molecule has 11 nitrogen and oxygen atoms in total. The highest BCUT2D eigenvalue weighted by atomic mass is 16.6. The fourth-order valence-electron chi connectivity index (χ4n) is 5.88. The smallest absolute Gasteiger partial charge is 0.341 e.